The highest BCUT2D eigenvalue weighted by Gasteiger charge is 2.12. The monoisotopic (exact) mass is 346 g/mol. The molecular weight excluding hydrogens is 324 g/mol. The Morgan fingerprint density at radius 3 is 2.43 bits per heavy atom. The van der Waals surface area contributed by atoms with E-state index in [1.54, 1.807) is 0 Å². The van der Waals surface area contributed by atoms with E-state index in [1.807, 2.05) is 0 Å². The van der Waals surface area contributed by atoms with Crippen molar-refractivity contribution in [1.82, 2.24) is 5.32 Å². The van der Waals surface area contributed by atoms with Crippen LogP contribution in [0.2, 0.25) is 0 Å². The quantitative estimate of drug-likeness (QED) is 0.833. The molecule has 0 fully saturated rings. The van der Waals surface area contributed by atoms with Gasteiger partial charge < -0.3 is 10.2 Å². The predicted molar refractivity (Wildman–Crippen MR) is 95.0 cm³/mol. The van der Waals surface area contributed by atoms with Gasteiger partial charge in [-0.15, -0.1) is 0 Å². The van der Waals surface area contributed by atoms with Crippen molar-refractivity contribution in [2.75, 3.05) is 25.5 Å². The Balaban J connectivity index is 2.21. The van der Waals surface area contributed by atoms with E-state index in [0.29, 0.717) is 6.04 Å². The van der Waals surface area contributed by atoms with Gasteiger partial charge >= 0.3 is 0 Å². The van der Waals surface area contributed by atoms with Crippen molar-refractivity contribution in [3.05, 3.63) is 64.1 Å². The molecule has 0 aliphatic rings. The largest absolute Gasteiger partial charge is 0.378 e. The number of rotatable bonds is 6. The third-order valence-corrected chi connectivity index (χ3v) is 4.12. The summed E-state index contributed by atoms with van der Waals surface area (Å²) < 4.78 is 1.13. The molecule has 0 saturated carbocycles. The van der Waals surface area contributed by atoms with Crippen LogP contribution in [0, 0.1) is 0 Å². The molecule has 2 aromatic rings. The highest BCUT2D eigenvalue weighted by molar-refractivity contribution is 9.10. The Labute approximate surface area is 136 Å². The van der Waals surface area contributed by atoms with Crippen molar-refractivity contribution < 1.29 is 0 Å². The number of nitrogens with zero attached hydrogens (tertiary/aromatic N) is 1. The second-order valence-electron chi connectivity index (χ2n) is 5.43. The summed E-state index contributed by atoms with van der Waals surface area (Å²) in [5.41, 5.74) is 3.93. The van der Waals surface area contributed by atoms with Crippen LogP contribution < -0.4 is 10.2 Å². The molecule has 0 amide bonds. The van der Waals surface area contributed by atoms with E-state index in [4.69, 9.17) is 0 Å². The first-order chi connectivity index (χ1) is 10.1. The van der Waals surface area contributed by atoms with Gasteiger partial charge in [-0.2, -0.15) is 0 Å². The summed E-state index contributed by atoms with van der Waals surface area (Å²) in [5, 5.41) is 3.60. The van der Waals surface area contributed by atoms with Crippen molar-refractivity contribution in [3.63, 3.8) is 0 Å². The van der Waals surface area contributed by atoms with E-state index in [0.717, 1.165) is 17.4 Å². The SMILES string of the molecule is CCNC(Cc1ccc(Br)cc1)c1cccc(N(C)C)c1. The van der Waals surface area contributed by atoms with Crippen molar-refractivity contribution in [2.24, 2.45) is 0 Å². The molecule has 112 valence electrons. The smallest absolute Gasteiger partial charge is 0.0364 e. The molecule has 0 radical (unpaired) electrons. The topological polar surface area (TPSA) is 15.3 Å². The number of benzene rings is 2. The fourth-order valence-corrected chi connectivity index (χ4v) is 2.69. The molecule has 2 aromatic carbocycles. The Kier molecular flexibility index (Phi) is 5.83. The molecular formula is C18H23BrN2. The number of hydrogen-bond acceptors (Lipinski definition) is 2. The number of hydrogen-bond donors (Lipinski definition) is 1. The maximum absolute atomic E-state index is 3.60. The van der Waals surface area contributed by atoms with Crippen LogP contribution in [-0.2, 0) is 6.42 Å². The molecule has 0 aliphatic carbocycles. The first-order valence-electron chi connectivity index (χ1n) is 7.35. The minimum Gasteiger partial charge on any atom is -0.378 e. The number of anilines is 1. The average Bonchev–Trinajstić information content (AvgIpc) is 2.49. The number of halogens is 1. The molecule has 2 nitrogen and oxygen atoms in total. The van der Waals surface area contributed by atoms with Crippen molar-refractivity contribution >= 4 is 21.6 Å². The predicted octanol–water partition coefficient (Wildman–Crippen LogP) is 4.41. The first kappa shape index (κ1) is 16.1. The van der Waals surface area contributed by atoms with Crippen LogP contribution >= 0.6 is 15.9 Å². The molecule has 0 saturated heterocycles. The third kappa shape index (κ3) is 4.58. The average molecular weight is 347 g/mol. The molecule has 0 spiro atoms. The van der Waals surface area contributed by atoms with Crippen LogP contribution in [0.4, 0.5) is 5.69 Å². The first-order valence-corrected chi connectivity index (χ1v) is 8.14. The maximum Gasteiger partial charge on any atom is 0.0364 e. The lowest BCUT2D eigenvalue weighted by Gasteiger charge is -2.21. The molecule has 0 aromatic heterocycles. The zero-order valence-electron chi connectivity index (χ0n) is 12.9. The molecule has 21 heavy (non-hydrogen) atoms. The lowest BCUT2D eigenvalue weighted by molar-refractivity contribution is 0.550. The highest BCUT2D eigenvalue weighted by atomic mass is 79.9. The van der Waals surface area contributed by atoms with Crippen LogP contribution in [0.5, 0.6) is 0 Å². The standard InChI is InChI=1S/C18H23BrN2/c1-4-20-18(12-14-8-10-16(19)11-9-14)15-6-5-7-17(13-15)21(2)3/h5-11,13,18,20H,4,12H2,1-3H3. The minimum atomic E-state index is 0.344. The fourth-order valence-electron chi connectivity index (χ4n) is 2.43. The summed E-state index contributed by atoms with van der Waals surface area (Å²) in [4.78, 5) is 2.14. The van der Waals surface area contributed by atoms with Gasteiger partial charge in [0, 0.05) is 30.3 Å². The van der Waals surface area contributed by atoms with E-state index in [1.165, 1.54) is 16.8 Å². The summed E-state index contributed by atoms with van der Waals surface area (Å²) in [6, 6.07) is 17.7. The zero-order chi connectivity index (χ0) is 15.2. The second-order valence-corrected chi connectivity index (χ2v) is 6.35. The normalized spacial score (nSPS) is 12.2. The van der Waals surface area contributed by atoms with Gasteiger partial charge in [-0.25, -0.2) is 0 Å². The summed E-state index contributed by atoms with van der Waals surface area (Å²) in [5.74, 6) is 0. The van der Waals surface area contributed by atoms with E-state index in [9.17, 15) is 0 Å². The zero-order valence-corrected chi connectivity index (χ0v) is 14.5. The Morgan fingerprint density at radius 1 is 1.10 bits per heavy atom. The molecule has 0 bridgehead atoms. The van der Waals surface area contributed by atoms with Crippen LogP contribution in [-0.4, -0.2) is 20.6 Å². The molecule has 2 rings (SSSR count). The van der Waals surface area contributed by atoms with Crippen molar-refractivity contribution in [2.45, 2.75) is 19.4 Å². The van der Waals surface area contributed by atoms with Gasteiger partial charge in [-0.3, -0.25) is 0 Å². The van der Waals surface area contributed by atoms with E-state index in [2.05, 4.69) is 95.7 Å². The molecule has 1 unspecified atom stereocenters. The molecule has 0 heterocycles. The minimum absolute atomic E-state index is 0.344. The Hall–Kier alpha value is -1.32. The lowest BCUT2D eigenvalue weighted by atomic mass is 9.98. The van der Waals surface area contributed by atoms with E-state index >= 15 is 0 Å². The van der Waals surface area contributed by atoms with Gasteiger partial charge in [0.15, 0.2) is 0 Å². The highest BCUT2D eigenvalue weighted by Crippen LogP contribution is 2.23. The van der Waals surface area contributed by atoms with Gasteiger partial charge in [-0.1, -0.05) is 47.1 Å². The van der Waals surface area contributed by atoms with Gasteiger partial charge in [0.2, 0.25) is 0 Å². The second kappa shape index (κ2) is 7.62. The van der Waals surface area contributed by atoms with Crippen LogP contribution in [0.15, 0.2) is 53.0 Å². The van der Waals surface area contributed by atoms with Gasteiger partial charge in [0.05, 0.1) is 0 Å². The summed E-state index contributed by atoms with van der Waals surface area (Å²) in [6.07, 6.45) is 0.998. The fraction of sp³-hybridized carbons (Fsp3) is 0.333. The molecule has 1 N–H and O–H groups in total. The van der Waals surface area contributed by atoms with Gasteiger partial charge in [0.1, 0.15) is 0 Å². The van der Waals surface area contributed by atoms with Crippen molar-refractivity contribution in [1.29, 1.82) is 0 Å². The number of likely N-dealkylation sites (N-methyl/N-ethyl adjacent to an activating group) is 1. The van der Waals surface area contributed by atoms with Gasteiger partial charge in [-0.05, 0) is 48.4 Å². The van der Waals surface area contributed by atoms with Gasteiger partial charge in [0.25, 0.3) is 0 Å². The lowest BCUT2D eigenvalue weighted by Crippen LogP contribution is -2.23. The summed E-state index contributed by atoms with van der Waals surface area (Å²) in [7, 11) is 4.16. The Morgan fingerprint density at radius 2 is 1.81 bits per heavy atom. The molecule has 1 atom stereocenters. The molecule has 3 heteroatoms. The molecule has 0 aliphatic heterocycles. The number of nitrogens with one attached hydrogen (secondary N) is 1. The van der Waals surface area contributed by atoms with E-state index < -0.39 is 0 Å². The maximum atomic E-state index is 3.60. The van der Waals surface area contributed by atoms with Crippen LogP contribution in [0.25, 0.3) is 0 Å². The Bertz CT molecular complexity index is 564. The van der Waals surface area contributed by atoms with Crippen LogP contribution in [0.3, 0.4) is 0 Å². The third-order valence-electron chi connectivity index (χ3n) is 3.59. The summed E-state index contributed by atoms with van der Waals surface area (Å²) in [6.45, 7) is 3.12. The van der Waals surface area contributed by atoms with Crippen molar-refractivity contribution in [3.8, 4) is 0 Å². The van der Waals surface area contributed by atoms with E-state index in [-0.39, 0.29) is 0 Å². The summed E-state index contributed by atoms with van der Waals surface area (Å²) >= 11 is 3.49. The van der Waals surface area contributed by atoms with Crippen LogP contribution in [0.1, 0.15) is 24.1 Å².